The molecule has 0 radical (unpaired) electrons. The molecule has 4 nitrogen and oxygen atoms in total. The first-order chi connectivity index (χ1) is 12.5. The average molecular weight is 351 g/mol. The van der Waals surface area contributed by atoms with Crippen molar-refractivity contribution in [1.29, 1.82) is 0 Å². The summed E-state index contributed by atoms with van der Waals surface area (Å²) in [6, 6.07) is 14.2. The van der Waals surface area contributed by atoms with E-state index in [4.69, 9.17) is 9.15 Å². The lowest BCUT2D eigenvalue weighted by molar-refractivity contribution is -0.121. The molecular formula is C22H25NO3. The Morgan fingerprint density at radius 2 is 1.96 bits per heavy atom. The summed E-state index contributed by atoms with van der Waals surface area (Å²) in [7, 11) is 1.66. The Morgan fingerprint density at radius 1 is 1.19 bits per heavy atom. The minimum atomic E-state index is 0.0236. The third-order valence-electron chi connectivity index (χ3n) is 4.59. The molecular weight excluding hydrogens is 326 g/mol. The maximum absolute atomic E-state index is 12.4. The van der Waals surface area contributed by atoms with Crippen molar-refractivity contribution in [3.05, 3.63) is 65.4 Å². The number of hydrogen-bond donors (Lipinski definition) is 1. The van der Waals surface area contributed by atoms with Crippen molar-refractivity contribution in [1.82, 2.24) is 5.32 Å². The van der Waals surface area contributed by atoms with Crippen LogP contribution in [0, 0.1) is 6.92 Å². The lowest BCUT2D eigenvalue weighted by atomic mass is 10.1. The van der Waals surface area contributed by atoms with E-state index < -0.39 is 0 Å². The van der Waals surface area contributed by atoms with Crippen LogP contribution < -0.4 is 10.1 Å². The van der Waals surface area contributed by atoms with Crippen LogP contribution in [0.5, 0.6) is 5.75 Å². The Kier molecular flexibility index (Phi) is 5.61. The topological polar surface area (TPSA) is 51.5 Å². The number of carbonyl (C=O) groups excluding carboxylic acids is 1. The molecule has 1 aromatic heterocycles. The van der Waals surface area contributed by atoms with Crippen LogP contribution in [0.3, 0.4) is 0 Å². The number of carbonyl (C=O) groups is 1. The Labute approximate surface area is 154 Å². The molecule has 0 bridgehead atoms. The number of benzene rings is 2. The van der Waals surface area contributed by atoms with E-state index in [0.29, 0.717) is 6.42 Å². The van der Waals surface area contributed by atoms with Gasteiger partial charge in [-0.2, -0.15) is 0 Å². The molecule has 0 aliphatic carbocycles. The molecule has 0 spiro atoms. The molecule has 3 aromatic rings. The molecule has 0 fully saturated rings. The fraction of sp³-hybridized carbons (Fsp3) is 0.318. The third-order valence-corrected chi connectivity index (χ3v) is 4.59. The molecule has 1 N–H and O–H groups in total. The molecule has 4 heteroatoms. The zero-order chi connectivity index (χ0) is 18.5. The smallest absolute Gasteiger partial charge is 0.224 e. The van der Waals surface area contributed by atoms with E-state index >= 15 is 0 Å². The van der Waals surface area contributed by atoms with Gasteiger partial charge >= 0.3 is 0 Å². The number of fused-ring (bicyclic) bond motifs is 1. The van der Waals surface area contributed by atoms with Crippen molar-refractivity contribution in [3.8, 4) is 5.75 Å². The van der Waals surface area contributed by atoms with Gasteiger partial charge in [-0.05, 0) is 56.0 Å². The van der Waals surface area contributed by atoms with Crippen LogP contribution in [0.1, 0.15) is 30.0 Å². The van der Waals surface area contributed by atoms with E-state index in [-0.39, 0.29) is 11.9 Å². The van der Waals surface area contributed by atoms with Gasteiger partial charge in [0.05, 0.1) is 19.8 Å². The van der Waals surface area contributed by atoms with E-state index in [2.05, 4.69) is 17.4 Å². The molecule has 2 aromatic carbocycles. The molecule has 0 saturated heterocycles. The molecule has 1 heterocycles. The quantitative estimate of drug-likeness (QED) is 0.685. The van der Waals surface area contributed by atoms with Crippen LogP contribution in [-0.2, 0) is 17.6 Å². The van der Waals surface area contributed by atoms with Gasteiger partial charge in [0.1, 0.15) is 11.3 Å². The monoisotopic (exact) mass is 351 g/mol. The fourth-order valence-corrected chi connectivity index (χ4v) is 3.07. The highest BCUT2D eigenvalue weighted by Gasteiger charge is 2.13. The zero-order valence-electron chi connectivity index (χ0n) is 15.5. The van der Waals surface area contributed by atoms with Gasteiger partial charge in [0, 0.05) is 17.0 Å². The summed E-state index contributed by atoms with van der Waals surface area (Å²) in [6.07, 6.45) is 3.83. The SMILES string of the molecule is COc1ccc(CCC(C)NC(=O)Cc2coc3cc(C)ccc23)cc1. The number of rotatable bonds is 7. The minimum Gasteiger partial charge on any atom is -0.497 e. The Balaban J connectivity index is 1.51. The molecule has 0 aliphatic rings. The highest BCUT2D eigenvalue weighted by atomic mass is 16.5. The van der Waals surface area contributed by atoms with Crippen molar-refractivity contribution in [2.24, 2.45) is 0 Å². The number of nitrogens with one attached hydrogen (secondary N) is 1. The summed E-state index contributed by atoms with van der Waals surface area (Å²) >= 11 is 0. The summed E-state index contributed by atoms with van der Waals surface area (Å²) in [5, 5.41) is 4.09. The normalized spacial score (nSPS) is 12.1. The van der Waals surface area contributed by atoms with Crippen LogP contribution in [0.25, 0.3) is 11.0 Å². The second kappa shape index (κ2) is 8.09. The number of amides is 1. The zero-order valence-corrected chi connectivity index (χ0v) is 15.5. The highest BCUT2D eigenvalue weighted by molar-refractivity contribution is 5.88. The summed E-state index contributed by atoms with van der Waals surface area (Å²) < 4.78 is 10.7. The molecule has 0 aliphatic heterocycles. The largest absolute Gasteiger partial charge is 0.497 e. The molecule has 0 saturated carbocycles. The summed E-state index contributed by atoms with van der Waals surface area (Å²) in [6.45, 7) is 4.07. The lowest BCUT2D eigenvalue weighted by Gasteiger charge is -2.14. The van der Waals surface area contributed by atoms with Crippen LogP contribution >= 0.6 is 0 Å². The van der Waals surface area contributed by atoms with Gasteiger partial charge in [-0.25, -0.2) is 0 Å². The first-order valence-electron chi connectivity index (χ1n) is 8.94. The standard InChI is InChI=1S/C22H25NO3/c1-15-4-11-20-18(14-26-21(20)12-15)13-22(24)23-16(2)5-6-17-7-9-19(25-3)10-8-17/h4,7-12,14,16H,5-6,13H2,1-3H3,(H,23,24). The van der Waals surface area contributed by atoms with Crippen molar-refractivity contribution >= 4 is 16.9 Å². The van der Waals surface area contributed by atoms with Gasteiger partial charge in [-0.3, -0.25) is 4.79 Å². The van der Waals surface area contributed by atoms with Crippen LogP contribution in [-0.4, -0.2) is 19.1 Å². The van der Waals surface area contributed by atoms with Crippen LogP contribution in [0.15, 0.2) is 53.1 Å². The lowest BCUT2D eigenvalue weighted by Crippen LogP contribution is -2.34. The molecule has 26 heavy (non-hydrogen) atoms. The molecule has 1 atom stereocenters. The van der Waals surface area contributed by atoms with E-state index in [1.165, 1.54) is 5.56 Å². The van der Waals surface area contributed by atoms with Gasteiger partial charge < -0.3 is 14.5 Å². The van der Waals surface area contributed by atoms with Crippen molar-refractivity contribution < 1.29 is 13.9 Å². The fourth-order valence-electron chi connectivity index (χ4n) is 3.07. The highest BCUT2D eigenvalue weighted by Crippen LogP contribution is 2.22. The number of methoxy groups -OCH3 is 1. The second-order valence-corrected chi connectivity index (χ2v) is 6.79. The maximum Gasteiger partial charge on any atom is 0.224 e. The predicted octanol–water partition coefficient (Wildman–Crippen LogP) is 4.43. The Morgan fingerprint density at radius 3 is 2.69 bits per heavy atom. The predicted molar refractivity (Wildman–Crippen MR) is 104 cm³/mol. The van der Waals surface area contributed by atoms with Gasteiger partial charge in [-0.1, -0.05) is 24.3 Å². The molecule has 1 unspecified atom stereocenters. The van der Waals surface area contributed by atoms with Crippen molar-refractivity contribution in [2.45, 2.75) is 39.2 Å². The molecule has 136 valence electrons. The van der Waals surface area contributed by atoms with E-state index in [9.17, 15) is 4.79 Å². The van der Waals surface area contributed by atoms with Crippen LogP contribution in [0.2, 0.25) is 0 Å². The first kappa shape index (κ1) is 18.1. The number of ether oxygens (including phenoxy) is 1. The van der Waals surface area contributed by atoms with E-state index in [0.717, 1.165) is 40.7 Å². The number of hydrogen-bond acceptors (Lipinski definition) is 3. The van der Waals surface area contributed by atoms with E-state index in [1.54, 1.807) is 13.4 Å². The molecule has 1 amide bonds. The summed E-state index contributed by atoms with van der Waals surface area (Å²) in [5.74, 6) is 0.883. The van der Waals surface area contributed by atoms with Gasteiger partial charge in [0.25, 0.3) is 0 Å². The number of aryl methyl sites for hydroxylation is 2. The van der Waals surface area contributed by atoms with Crippen LogP contribution in [0.4, 0.5) is 0 Å². The minimum absolute atomic E-state index is 0.0236. The van der Waals surface area contributed by atoms with E-state index in [1.807, 2.05) is 44.2 Å². The number of furan rings is 1. The van der Waals surface area contributed by atoms with Gasteiger partial charge in [0.2, 0.25) is 5.91 Å². The summed E-state index contributed by atoms with van der Waals surface area (Å²) in [5.41, 5.74) is 4.15. The van der Waals surface area contributed by atoms with Gasteiger partial charge in [-0.15, -0.1) is 0 Å². The Bertz CT molecular complexity index is 880. The van der Waals surface area contributed by atoms with Crippen molar-refractivity contribution in [3.63, 3.8) is 0 Å². The third kappa shape index (κ3) is 4.45. The van der Waals surface area contributed by atoms with Gasteiger partial charge in [0.15, 0.2) is 0 Å². The van der Waals surface area contributed by atoms with Crippen molar-refractivity contribution in [2.75, 3.05) is 7.11 Å². The first-order valence-corrected chi connectivity index (χ1v) is 8.94. The summed E-state index contributed by atoms with van der Waals surface area (Å²) in [4.78, 5) is 12.4. The second-order valence-electron chi connectivity index (χ2n) is 6.79. The Hall–Kier alpha value is -2.75. The average Bonchev–Trinajstić information content (AvgIpc) is 3.02. The maximum atomic E-state index is 12.4. The molecule has 3 rings (SSSR count).